The van der Waals surface area contributed by atoms with Crippen LogP contribution in [0.15, 0.2) is 103 Å². The Morgan fingerprint density at radius 3 is 1.50 bits per heavy atom. The zero-order chi connectivity index (χ0) is 31.9. The molecular formula is C40H18N6. The summed E-state index contributed by atoms with van der Waals surface area (Å²) in [6, 6.07) is 43.3. The zero-order valence-corrected chi connectivity index (χ0v) is 24.1. The van der Waals surface area contributed by atoms with Crippen LogP contribution in [-0.2, 0) is 0 Å². The third-order valence-electron chi connectivity index (χ3n) is 8.83. The molecule has 0 amide bonds. The molecule has 0 saturated carbocycles. The number of nitrogens with zero attached hydrogens (tertiary/aromatic N) is 6. The summed E-state index contributed by atoms with van der Waals surface area (Å²) < 4.78 is 0. The third kappa shape index (κ3) is 4.13. The molecule has 6 nitrogen and oxygen atoms in total. The summed E-state index contributed by atoms with van der Waals surface area (Å²) in [4.78, 5) is 0. The van der Waals surface area contributed by atoms with E-state index >= 15 is 0 Å². The molecule has 0 aliphatic heterocycles. The third-order valence-corrected chi connectivity index (χ3v) is 8.83. The highest BCUT2D eigenvalue weighted by Gasteiger charge is 2.38. The number of hydrogen-bond donors (Lipinski definition) is 0. The lowest BCUT2D eigenvalue weighted by atomic mass is 9.84. The predicted octanol–water partition coefficient (Wildman–Crippen LogP) is 8.37. The van der Waals surface area contributed by atoms with Gasteiger partial charge in [0.25, 0.3) is 0 Å². The molecule has 2 aliphatic carbocycles. The molecule has 208 valence electrons. The van der Waals surface area contributed by atoms with Gasteiger partial charge in [0, 0.05) is 11.5 Å². The van der Waals surface area contributed by atoms with Crippen molar-refractivity contribution < 1.29 is 0 Å². The fraction of sp³-hybridized carbons (Fsp3) is 0.0500. The van der Waals surface area contributed by atoms with E-state index in [1.165, 1.54) is 0 Å². The smallest absolute Gasteiger partial charge is 0.144 e. The number of fused-ring (bicyclic) bond motifs is 6. The Bertz CT molecular complexity index is 2390. The molecule has 0 heterocycles. The quantitative estimate of drug-likeness (QED) is 0.192. The maximum absolute atomic E-state index is 10.1. The molecule has 6 heteroatoms. The highest BCUT2D eigenvalue weighted by molar-refractivity contribution is 6.07. The minimum Gasteiger partial charge on any atom is -0.197 e. The van der Waals surface area contributed by atoms with E-state index in [1.54, 1.807) is 24.3 Å². The second-order valence-electron chi connectivity index (χ2n) is 11.1. The van der Waals surface area contributed by atoms with Crippen LogP contribution in [0.1, 0.15) is 39.3 Å². The van der Waals surface area contributed by atoms with Crippen LogP contribution in [0, 0.1) is 73.9 Å². The van der Waals surface area contributed by atoms with Gasteiger partial charge in [-0.3, -0.25) is 0 Å². The first kappa shape index (κ1) is 27.6. The average Bonchev–Trinajstić information content (AvgIpc) is 3.60. The molecule has 0 radical (unpaired) electrons. The molecule has 7 rings (SSSR count). The van der Waals surface area contributed by atoms with Gasteiger partial charge in [0.1, 0.15) is 23.6 Å². The first-order valence-corrected chi connectivity index (χ1v) is 14.4. The van der Waals surface area contributed by atoms with Crippen LogP contribution in [0.4, 0.5) is 0 Å². The average molecular weight is 583 g/mol. The molecule has 0 N–H and O–H groups in total. The summed E-state index contributed by atoms with van der Waals surface area (Å²) >= 11 is 0. The number of rotatable bonds is 3. The first-order valence-electron chi connectivity index (χ1n) is 14.4. The lowest BCUT2D eigenvalue weighted by molar-refractivity contribution is 0.726. The maximum atomic E-state index is 10.1. The van der Waals surface area contributed by atoms with Gasteiger partial charge in [-0.25, -0.2) is 0 Å². The van der Waals surface area contributed by atoms with Crippen LogP contribution in [0.3, 0.4) is 0 Å². The van der Waals surface area contributed by atoms with Gasteiger partial charge in [0.2, 0.25) is 0 Å². The Kier molecular flexibility index (Phi) is 6.48. The van der Waals surface area contributed by atoms with E-state index in [-0.39, 0.29) is 5.57 Å². The van der Waals surface area contributed by atoms with Crippen LogP contribution in [0.25, 0.3) is 50.1 Å². The van der Waals surface area contributed by atoms with Crippen LogP contribution in [-0.4, -0.2) is 0 Å². The predicted molar refractivity (Wildman–Crippen MR) is 171 cm³/mol. The van der Waals surface area contributed by atoms with Gasteiger partial charge in [-0.2, -0.15) is 31.6 Å². The van der Waals surface area contributed by atoms with Gasteiger partial charge in [-0.05, 0) is 115 Å². The Balaban J connectivity index is 1.43. The second kappa shape index (κ2) is 10.8. The van der Waals surface area contributed by atoms with Gasteiger partial charge in [-0.15, -0.1) is 0 Å². The van der Waals surface area contributed by atoms with Crippen LogP contribution < -0.4 is 0 Å². The van der Waals surface area contributed by atoms with Crippen molar-refractivity contribution in [3.8, 4) is 80.9 Å². The lowest BCUT2D eigenvalue weighted by Crippen LogP contribution is -2.08. The Hall–Kier alpha value is -7.22. The fourth-order valence-corrected chi connectivity index (χ4v) is 6.68. The minimum atomic E-state index is -0.947. The summed E-state index contributed by atoms with van der Waals surface area (Å²) in [6.45, 7) is 0. The minimum absolute atomic E-state index is 0.00483. The van der Waals surface area contributed by atoms with Gasteiger partial charge in [0.05, 0.1) is 35.4 Å². The molecule has 0 spiro atoms. The first-order chi connectivity index (χ1) is 22.5. The van der Waals surface area contributed by atoms with E-state index < -0.39 is 11.8 Å². The monoisotopic (exact) mass is 582 g/mol. The zero-order valence-electron chi connectivity index (χ0n) is 24.1. The van der Waals surface area contributed by atoms with Gasteiger partial charge >= 0.3 is 0 Å². The molecule has 0 saturated heterocycles. The molecule has 0 fully saturated rings. The molecule has 0 aromatic heterocycles. The number of benzene rings is 5. The van der Waals surface area contributed by atoms with E-state index in [0.29, 0.717) is 16.7 Å². The van der Waals surface area contributed by atoms with E-state index in [4.69, 9.17) is 0 Å². The van der Waals surface area contributed by atoms with E-state index in [1.807, 2.05) is 72.8 Å². The topological polar surface area (TPSA) is 143 Å². The maximum Gasteiger partial charge on any atom is 0.144 e. The highest BCUT2D eigenvalue weighted by Crippen LogP contribution is 2.55. The van der Waals surface area contributed by atoms with Gasteiger partial charge in [0.15, 0.2) is 0 Å². The van der Waals surface area contributed by atoms with Crippen molar-refractivity contribution in [1.82, 2.24) is 0 Å². The standard InChI is InChI=1S/C40H18N6/c41-17-23-1-5-25(6-2-23)27-9-11-31-33-15-38-34(16-37(33)39(35(31)13-27)29(19-43)20-44)32-12-10-28(26-7-3-24(18-42)4-8-26)14-36(32)40(38)30(21-45)22-46/h1-16,29,39H. The number of nitriles is 6. The summed E-state index contributed by atoms with van der Waals surface area (Å²) in [5, 5.41) is 58.7. The summed E-state index contributed by atoms with van der Waals surface area (Å²) in [5.74, 6) is -1.46. The molecule has 2 aliphatic rings. The summed E-state index contributed by atoms with van der Waals surface area (Å²) in [6.07, 6.45) is 0. The van der Waals surface area contributed by atoms with Crippen LogP contribution in [0.5, 0.6) is 0 Å². The fourth-order valence-electron chi connectivity index (χ4n) is 6.68. The van der Waals surface area contributed by atoms with Crippen molar-refractivity contribution in [2.45, 2.75) is 5.92 Å². The molecule has 0 bridgehead atoms. The lowest BCUT2D eigenvalue weighted by Gasteiger charge is -2.16. The molecule has 1 unspecified atom stereocenters. The van der Waals surface area contributed by atoms with Crippen molar-refractivity contribution in [2.75, 3.05) is 0 Å². The van der Waals surface area contributed by atoms with Crippen molar-refractivity contribution in [3.05, 3.63) is 136 Å². The molecule has 5 aromatic rings. The molecular weight excluding hydrogens is 564 g/mol. The largest absolute Gasteiger partial charge is 0.197 e. The van der Waals surface area contributed by atoms with Crippen molar-refractivity contribution in [3.63, 3.8) is 0 Å². The van der Waals surface area contributed by atoms with E-state index in [0.717, 1.165) is 66.8 Å². The van der Waals surface area contributed by atoms with Crippen LogP contribution in [0.2, 0.25) is 0 Å². The SMILES string of the molecule is N#CC(C#N)=C1c2cc(-c3ccc(C#N)cc3)ccc2-c2cc3c(cc21)-c1ccc(-c2ccc(C#N)cc2)cc1C3C(C#N)C#N. The molecule has 5 aromatic carbocycles. The Morgan fingerprint density at radius 1 is 0.457 bits per heavy atom. The second-order valence-corrected chi connectivity index (χ2v) is 11.1. The van der Waals surface area contributed by atoms with E-state index in [2.05, 4.69) is 36.4 Å². The van der Waals surface area contributed by atoms with Gasteiger partial charge in [-0.1, -0.05) is 48.5 Å². The van der Waals surface area contributed by atoms with E-state index in [9.17, 15) is 31.6 Å². The Labute approximate surface area is 265 Å². The summed E-state index contributed by atoms with van der Waals surface area (Å²) in [5.41, 5.74) is 11.9. The van der Waals surface area contributed by atoms with Crippen molar-refractivity contribution >= 4 is 5.57 Å². The van der Waals surface area contributed by atoms with Crippen LogP contribution >= 0.6 is 0 Å². The van der Waals surface area contributed by atoms with Crippen molar-refractivity contribution in [1.29, 1.82) is 31.6 Å². The molecule has 46 heavy (non-hydrogen) atoms. The highest BCUT2D eigenvalue weighted by atomic mass is 14.4. The number of hydrogen-bond acceptors (Lipinski definition) is 6. The van der Waals surface area contributed by atoms with Crippen molar-refractivity contribution in [2.24, 2.45) is 5.92 Å². The number of allylic oxidation sites excluding steroid dienone is 1. The summed E-state index contributed by atoms with van der Waals surface area (Å²) in [7, 11) is 0. The molecule has 1 atom stereocenters. The van der Waals surface area contributed by atoms with Gasteiger partial charge < -0.3 is 0 Å². The Morgan fingerprint density at radius 2 is 0.957 bits per heavy atom. The normalized spacial score (nSPS) is 13.0.